The van der Waals surface area contributed by atoms with Crippen LogP contribution in [-0.4, -0.2) is 20.9 Å². The zero-order valence-corrected chi connectivity index (χ0v) is 31.6. The van der Waals surface area contributed by atoms with Gasteiger partial charge in [-0.1, -0.05) is 96.7 Å². The van der Waals surface area contributed by atoms with Crippen LogP contribution in [0.3, 0.4) is 0 Å². The van der Waals surface area contributed by atoms with E-state index in [4.69, 9.17) is 9.97 Å². The van der Waals surface area contributed by atoms with E-state index in [1.54, 1.807) is 0 Å². The number of carbonyl (C=O) groups is 1. The maximum Gasteiger partial charge on any atom is 0.164 e. The number of ketones is 1. The molecule has 1 aliphatic carbocycles. The Morgan fingerprint density at radius 1 is 0.913 bits per heavy atom. The molecule has 0 unspecified atom stereocenters. The molecule has 4 aromatic rings. The zero-order chi connectivity index (χ0) is 32.9. The summed E-state index contributed by atoms with van der Waals surface area (Å²) in [5.74, 6) is 0.731. The molecule has 0 amide bonds. The van der Waals surface area contributed by atoms with Crippen molar-refractivity contribution in [2.45, 2.75) is 107 Å². The van der Waals surface area contributed by atoms with Crippen molar-refractivity contribution >= 4 is 16.6 Å². The van der Waals surface area contributed by atoms with Gasteiger partial charge in [0, 0.05) is 55.1 Å². The minimum absolute atomic E-state index is 0. The molecule has 247 valence electrons. The molecular formula is C41H51IrN2O2-. The van der Waals surface area contributed by atoms with Crippen LogP contribution >= 0.6 is 0 Å². The Hall–Kier alpha value is -3.14. The quantitative estimate of drug-likeness (QED) is 0.104. The van der Waals surface area contributed by atoms with Crippen LogP contribution in [0.1, 0.15) is 109 Å². The molecule has 1 radical (unpaired) electrons. The summed E-state index contributed by atoms with van der Waals surface area (Å²) in [6.45, 7) is 18.7. The summed E-state index contributed by atoms with van der Waals surface area (Å²) in [6, 6.07) is 18.8. The van der Waals surface area contributed by atoms with Gasteiger partial charge in [-0.05, 0) is 73.6 Å². The average molecular weight is 796 g/mol. The number of allylic oxidation sites excluding steroid dienone is 2. The second-order valence-corrected chi connectivity index (χ2v) is 13.5. The van der Waals surface area contributed by atoms with E-state index in [9.17, 15) is 9.90 Å². The Morgan fingerprint density at radius 3 is 2.17 bits per heavy atom. The summed E-state index contributed by atoms with van der Waals surface area (Å²) < 4.78 is 0. The van der Waals surface area contributed by atoms with Gasteiger partial charge in [-0.25, -0.2) is 0 Å². The summed E-state index contributed by atoms with van der Waals surface area (Å²) in [6.07, 6.45) is 10.8. The van der Waals surface area contributed by atoms with E-state index < -0.39 is 0 Å². The minimum Gasteiger partial charge on any atom is -0.512 e. The average Bonchev–Trinajstić information content (AvgIpc) is 3.06. The van der Waals surface area contributed by atoms with Crippen LogP contribution in [0.4, 0.5) is 0 Å². The first kappa shape index (κ1) is 37.3. The van der Waals surface area contributed by atoms with E-state index in [2.05, 4.69) is 69.3 Å². The Bertz CT molecular complexity index is 1700. The van der Waals surface area contributed by atoms with Crippen LogP contribution in [0.15, 0.2) is 66.7 Å². The molecule has 0 atom stereocenters. The molecule has 0 bridgehead atoms. The summed E-state index contributed by atoms with van der Waals surface area (Å²) in [4.78, 5) is 21.7. The molecule has 0 saturated carbocycles. The molecule has 2 heterocycles. The largest absolute Gasteiger partial charge is 0.512 e. The molecular weight excluding hydrogens is 745 g/mol. The fourth-order valence-corrected chi connectivity index (χ4v) is 5.94. The summed E-state index contributed by atoms with van der Waals surface area (Å²) in [5, 5.41) is 12.6. The molecule has 5 heteroatoms. The SMILES string of the molecule is CCC(C)(CC)C(=O)/C=C(\O)C(C)(CC)CC.Cc1cnc2c(c1)CCc1cnc(-c3[c-]c4ccccc4c(C(C)C)c3)cc1-2.[Ir]. The van der Waals surface area contributed by atoms with Gasteiger partial charge in [0.15, 0.2) is 5.78 Å². The predicted octanol–water partition coefficient (Wildman–Crippen LogP) is 10.9. The summed E-state index contributed by atoms with van der Waals surface area (Å²) >= 11 is 0. The molecule has 1 aliphatic rings. The standard InChI is InChI=1S/C26H23N2.C15H28O2.Ir/c1-16(2)23-12-21(11-18-6-4-5-7-22(18)23)25-13-24-20(15-27-25)9-8-19-10-17(3)14-28-26(19)24;1-7-14(5,8-2)12(16)11-13(17)15(6,9-3)10-4;/h4-7,10,12-16H,8-9H2,1-3H3;11,16H,7-10H2,1-6H3;/q-1;;/b;12-11-;. The van der Waals surface area contributed by atoms with Crippen molar-refractivity contribution in [2.75, 3.05) is 0 Å². The molecule has 0 aliphatic heterocycles. The van der Waals surface area contributed by atoms with Crippen LogP contribution < -0.4 is 0 Å². The van der Waals surface area contributed by atoms with E-state index in [0.717, 1.165) is 60.9 Å². The van der Waals surface area contributed by atoms with Crippen molar-refractivity contribution in [3.63, 3.8) is 0 Å². The number of aliphatic hydroxyl groups is 1. The van der Waals surface area contributed by atoms with Gasteiger partial charge in [0.2, 0.25) is 0 Å². The zero-order valence-electron chi connectivity index (χ0n) is 29.2. The van der Waals surface area contributed by atoms with Gasteiger partial charge < -0.3 is 5.11 Å². The van der Waals surface area contributed by atoms with Gasteiger partial charge >= 0.3 is 0 Å². The second-order valence-electron chi connectivity index (χ2n) is 13.5. The van der Waals surface area contributed by atoms with Gasteiger partial charge in [0.25, 0.3) is 0 Å². The van der Waals surface area contributed by atoms with Crippen molar-refractivity contribution in [2.24, 2.45) is 10.8 Å². The van der Waals surface area contributed by atoms with Gasteiger partial charge in [0.05, 0.1) is 5.69 Å². The van der Waals surface area contributed by atoms with Crippen molar-refractivity contribution < 1.29 is 30.0 Å². The minimum atomic E-state index is -0.337. The first-order valence-electron chi connectivity index (χ1n) is 16.7. The molecule has 0 saturated heterocycles. The van der Waals surface area contributed by atoms with Gasteiger partial charge in [-0.15, -0.1) is 29.1 Å². The van der Waals surface area contributed by atoms with Crippen LogP contribution in [0.25, 0.3) is 33.3 Å². The Morgan fingerprint density at radius 2 is 1.54 bits per heavy atom. The summed E-state index contributed by atoms with van der Waals surface area (Å²) in [7, 11) is 0. The molecule has 0 spiro atoms. The van der Waals surface area contributed by atoms with E-state index in [-0.39, 0.29) is 42.5 Å². The van der Waals surface area contributed by atoms with E-state index >= 15 is 0 Å². The molecule has 4 nitrogen and oxygen atoms in total. The number of hydrogen-bond acceptors (Lipinski definition) is 4. The molecule has 1 N–H and O–H groups in total. The smallest absolute Gasteiger partial charge is 0.164 e. The number of hydrogen-bond donors (Lipinski definition) is 1. The fraction of sp³-hybridized carbons (Fsp3) is 0.439. The van der Waals surface area contributed by atoms with Crippen LogP contribution in [0.2, 0.25) is 0 Å². The number of aromatic nitrogens is 2. The normalized spacial score (nSPS) is 13.0. The fourth-order valence-electron chi connectivity index (χ4n) is 5.94. The van der Waals surface area contributed by atoms with Crippen molar-refractivity contribution in [3.05, 3.63) is 95.0 Å². The number of nitrogens with zero attached hydrogens (tertiary/aromatic N) is 2. The maximum atomic E-state index is 12.2. The number of aryl methyl sites for hydroxylation is 3. The third-order valence-corrected chi connectivity index (χ3v) is 10.3. The van der Waals surface area contributed by atoms with Crippen LogP contribution in [0.5, 0.6) is 0 Å². The second kappa shape index (κ2) is 15.6. The van der Waals surface area contributed by atoms with Crippen molar-refractivity contribution in [1.82, 2.24) is 9.97 Å². The van der Waals surface area contributed by atoms with Crippen LogP contribution in [-0.2, 0) is 37.7 Å². The molecule has 5 rings (SSSR count). The number of carbonyl (C=O) groups excluding carboxylic acids is 1. The first-order valence-corrected chi connectivity index (χ1v) is 16.7. The molecule has 46 heavy (non-hydrogen) atoms. The summed E-state index contributed by atoms with van der Waals surface area (Å²) in [5.41, 5.74) is 8.96. The van der Waals surface area contributed by atoms with E-state index in [0.29, 0.717) is 5.92 Å². The Balaban J connectivity index is 0.000000280. The maximum absolute atomic E-state index is 12.2. The molecule has 2 aromatic heterocycles. The third-order valence-electron chi connectivity index (χ3n) is 10.3. The molecule has 2 aromatic carbocycles. The first-order chi connectivity index (χ1) is 21.4. The van der Waals surface area contributed by atoms with E-state index in [1.807, 2.05) is 53.9 Å². The number of rotatable bonds is 9. The monoisotopic (exact) mass is 796 g/mol. The molecule has 0 fully saturated rings. The van der Waals surface area contributed by atoms with Gasteiger partial charge in [-0.3, -0.25) is 14.8 Å². The number of benzene rings is 2. The van der Waals surface area contributed by atoms with Gasteiger partial charge in [-0.2, -0.15) is 0 Å². The third kappa shape index (κ3) is 7.86. The number of aliphatic hydroxyl groups excluding tert-OH is 1. The Labute approximate surface area is 290 Å². The van der Waals surface area contributed by atoms with Gasteiger partial charge in [0.1, 0.15) is 5.76 Å². The predicted molar refractivity (Wildman–Crippen MR) is 189 cm³/mol. The topological polar surface area (TPSA) is 63.1 Å². The van der Waals surface area contributed by atoms with Crippen molar-refractivity contribution in [3.8, 4) is 22.5 Å². The number of fused-ring (bicyclic) bond motifs is 4. The number of pyridine rings is 2. The van der Waals surface area contributed by atoms with Crippen LogP contribution in [0, 0.1) is 23.8 Å². The Kier molecular flexibility index (Phi) is 12.7. The van der Waals surface area contributed by atoms with E-state index in [1.165, 1.54) is 39.3 Å². The van der Waals surface area contributed by atoms with Crippen molar-refractivity contribution in [1.29, 1.82) is 0 Å².